The summed E-state index contributed by atoms with van der Waals surface area (Å²) < 4.78 is 0. The molecule has 6 atom stereocenters. The molecular weight excluding hydrogens is 490 g/mol. The van der Waals surface area contributed by atoms with E-state index in [4.69, 9.17) is 4.84 Å². The van der Waals surface area contributed by atoms with Crippen molar-refractivity contribution >= 4 is 17.6 Å². The molecule has 2 N–H and O–H groups in total. The fraction of sp³-hybridized carbons (Fsp3) is 0.839. The average Bonchev–Trinajstić information content (AvgIpc) is 3.26. The summed E-state index contributed by atoms with van der Waals surface area (Å²) in [7, 11) is 5.96. The van der Waals surface area contributed by atoms with E-state index in [1.807, 2.05) is 27.2 Å². The number of rotatable bonds is 11. The largest absolute Gasteiger partial charge is 0.436 e. The van der Waals surface area contributed by atoms with Crippen LogP contribution in [0.4, 0.5) is 4.79 Å². The Morgan fingerprint density at radius 1 is 1.03 bits per heavy atom. The van der Waals surface area contributed by atoms with Crippen molar-refractivity contribution in [3.05, 3.63) is 11.6 Å². The van der Waals surface area contributed by atoms with Gasteiger partial charge in [0.1, 0.15) is 0 Å². The summed E-state index contributed by atoms with van der Waals surface area (Å²) in [5, 5.41) is 11.0. The predicted octanol–water partition coefficient (Wildman–Crippen LogP) is 4.32. The third-order valence-electron chi connectivity index (χ3n) is 10.9. The molecule has 0 radical (unpaired) electrons. The summed E-state index contributed by atoms with van der Waals surface area (Å²) in [6.07, 6.45) is 10.4. The Labute approximate surface area is 236 Å². The van der Waals surface area contributed by atoms with Crippen LogP contribution in [0.3, 0.4) is 0 Å². The third kappa shape index (κ3) is 6.43. The molecule has 0 saturated heterocycles. The normalized spacial score (nSPS) is 34.3. The summed E-state index contributed by atoms with van der Waals surface area (Å²) >= 11 is 0. The number of amides is 1. The Morgan fingerprint density at radius 2 is 1.82 bits per heavy atom. The SMILES string of the molecule is CNCCNCCN(CCN(C)C)C(=O)O/N=C(\C)[C@H]1CC[C@H]2[C@@H]3CCC4=CC(=O)CC[C@]4(C)[C@H]3CC[C@]12C. The fourth-order valence-corrected chi connectivity index (χ4v) is 8.65. The van der Waals surface area contributed by atoms with Gasteiger partial charge in [-0.25, -0.2) is 4.79 Å². The van der Waals surface area contributed by atoms with Crippen molar-refractivity contribution in [2.75, 3.05) is 60.4 Å². The van der Waals surface area contributed by atoms with Crippen molar-refractivity contribution < 1.29 is 14.4 Å². The molecule has 0 aromatic rings. The van der Waals surface area contributed by atoms with Crippen LogP contribution in [-0.4, -0.2) is 87.8 Å². The van der Waals surface area contributed by atoms with E-state index in [-0.39, 0.29) is 16.9 Å². The molecule has 0 heterocycles. The molecule has 220 valence electrons. The lowest BCUT2D eigenvalue weighted by Gasteiger charge is -2.58. The molecule has 4 aliphatic carbocycles. The van der Waals surface area contributed by atoms with Gasteiger partial charge in [-0.1, -0.05) is 24.6 Å². The van der Waals surface area contributed by atoms with Gasteiger partial charge in [-0.15, -0.1) is 0 Å². The molecule has 4 rings (SSSR count). The second kappa shape index (κ2) is 12.8. The van der Waals surface area contributed by atoms with E-state index in [0.717, 1.165) is 57.1 Å². The van der Waals surface area contributed by atoms with E-state index in [2.05, 4.69) is 41.5 Å². The Kier molecular flexibility index (Phi) is 9.92. The summed E-state index contributed by atoms with van der Waals surface area (Å²) in [6.45, 7) is 11.5. The maximum absolute atomic E-state index is 13.0. The lowest BCUT2D eigenvalue weighted by Crippen LogP contribution is -2.51. The van der Waals surface area contributed by atoms with Crippen LogP contribution in [0.1, 0.15) is 72.1 Å². The molecular formula is C31H53N5O3. The van der Waals surface area contributed by atoms with Gasteiger partial charge < -0.3 is 20.4 Å². The van der Waals surface area contributed by atoms with Gasteiger partial charge in [-0.2, -0.15) is 0 Å². The minimum absolute atomic E-state index is 0.199. The van der Waals surface area contributed by atoms with Crippen LogP contribution in [-0.2, 0) is 9.63 Å². The zero-order chi connectivity index (χ0) is 28.2. The molecule has 0 aliphatic heterocycles. The van der Waals surface area contributed by atoms with Crippen LogP contribution in [0.2, 0.25) is 0 Å². The maximum Gasteiger partial charge on any atom is 0.436 e. The first-order valence-electron chi connectivity index (χ1n) is 15.3. The van der Waals surface area contributed by atoms with E-state index in [1.165, 1.54) is 31.3 Å². The number of hydrogen-bond acceptors (Lipinski definition) is 7. The Bertz CT molecular complexity index is 949. The fourth-order valence-electron chi connectivity index (χ4n) is 8.65. The Balaban J connectivity index is 1.39. The monoisotopic (exact) mass is 543 g/mol. The highest BCUT2D eigenvalue weighted by Crippen LogP contribution is 2.66. The number of nitrogens with one attached hydrogen (secondary N) is 2. The number of allylic oxidation sites excluding steroid dienone is 1. The van der Waals surface area contributed by atoms with E-state index in [0.29, 0.717) is 43.0 Å². The quantitative estimate of drug-likeness (QED) is 0.175. The van der Waals surface area contributed by atoms with Crippen molar-refractivity contribution in [2.24, 2.45) is 39.7 Å². The first-order chi connectivity index (χ1) is 18.6. The first-order valence-corrected chi connectivity index (χ1v) is 15.3. The van der Waals surface area contributed by atoms with E-state index in [1.54, 1.807) is 4.90 Å². The molecule has 8 heteroatoms. The van der Waals surface area contributed by atoms with E-state index >= 15 is 0 Å². The van der Waals surface area contributed by atoms with Crippen LogP contribution in [0, 0.1) is 34.5 Å². The highest BCUT2D eigenvalue weighted by Gasteiger charge is 2.59. The molecule has 8 nitrogen and oxygen atoms in total. The lowest BCUT2D eigenvalue weighted by atomic mass is 9.46. The Morgan fingerprint density at radius 3 is 2.56 bits per heavy atom. The minimum Gasteiger partial charge on any atom is -0.318 e. The molecule has 4 aliphatic rings. The van der Waals surface area contributed by atoms with E-state index in [9.17, 15) is 9.59 Å². The lowest BCUT2D eigenvalue weighted by molar-refractivity contribution is -0.117. The van der Waals surface area contributed by atoms with Crippen molar-refractivity contribution in [1.29, 1.82) is 0 Å². The number of likely N-dealkylation sites (N-methyl/N-ethyl adjacent to an activating group) is 2. The van der Waals surface area contributed by atoms with Crippen LogP contribution in [0.25, 0.3) is 0 Å². The van der Waals surface area contributed by atoms with Crippen LogP contribution >= 0.6 is 0 Å². The van der Waals surface area contributed by atoms with Gasteiger partial charge in [-0.3, -0.25) is 9.63 Å². The zero-order valence-electron chi connectivity index (χ0n) is 25.4. The topological polar surface area (TPSA) is 86.3 Å². The van der Waals surface area contributed by atoms with Crippen molar-refractivity contribution in [3.8, 4) is 0 Å². The molecule has 0 unspecified atom stereocenters. The molecule has 0 bridgehead atoms. The minimum atomic E-state index is -0.360. The second-order valence-electron chi connectivity index (χ2n) is 13.4. The second-order valence-corrected chi connectivity index (χ2v) is 13.4. The van der Waals surface area contributed by atoms with Gasteiger partial charge in [0.2, 0.25) is 0 Å². The van der Waals surface area contributed by atoms with Crippen LogP contribution in [0.15, 0.2) is 16.8 Å². The highest BCUT2D eigenvalue weighted by atomic mass is 16.7. The average molecular weight is 544 g/mol. The molecule has 0 aromatic heterocycles. The number of fused-ring (bicyclic) bond motifs is 5. The van der Waals surface area contributed by atoms with Gasteiger partial charge in [0.25, 0.3) is 0 Å². The van der Waals surface area contributed by atoms with Gasteiger partial charge in [-0.05, 0) is 108 Å². The number of hydrogen-bond donors (Lipinski definition) is 2. The smallest absolute Gasteiger partial charge is 0.318 e. The van der Waals surface area contributed by atoms with Crippen molar-refractivity contribution in [1.82, 2.24) is 20.4 Å². The first kappa shape index (κ1) is 30.2. The summed E-state index contributed by atoms with van der Waals surface area (Å²) in [6, 6.07) is 0. The molecule has 3 fully saturated rings. The van der Waals surface area contributed by atoms with Gasteiger partial charge in [0, 0.05) is 51.6 Å². The molecule has 0 aromatic carbocycles. The summed E-state index contributed by atoms with van der Waals surface area (Å²) in [4.78, 5) is 34.6. The number of ketones is 1. The van der Waals surface area contributed by atoms with Crippen LogP contribution < -0.4 is 10.6 Å². The number of oxime groups is 1. The molecule has 39 heavy (non-hydrogen) atoms. The third-order valence-corrected chi connectivity index (χ3v) is 10.9. The van der Waals surface area contributed by atoms with Crippen LogP contribution in [0.5, 0.6) is 0 Å². The van der Waals surface area contributed by atoms with Gasteiger partial charge in [0.05, 0.1) is 5.71 Å². The number of carbonyl (C=O) groups excluding carboxylic acids is 2. The van der Waals surface area contributed by atoms with Crippen molar-refractivity contribution in [3.63, 3.8) is 0 Å². The standard InChI is InChI=1S/C31H53N5O3/c1-22(34-39-29(38)36(20-19-35(5)6)18-17-33-16-15-32-4)26-9-10-27-25-8-7-23-21-24(37)11-13-30(23,2)28(25)12-14-31(26,27)3/h21,25-28,32-33H,7-20H2,1-6H3/b34-22+/t25-,26+,27-,28-,30-,31+/m0/s1. The molecule has 1 amide bonds. The van der Waals surface area contributed by atoms with Gasteiger partial charge in [0.15, 0.2) is 5.78 Å². The number of carbonyl (C=O) groups is 2. The summed E-state index contributed by atoms with van der Waals surface area (Å²) in [5.74, 6) is 2.76. The highest BCUT2D eigenvalue weighted by molar-refractivity contribution is 5.91. The van der Waals surface area contributed by atoms with E-state index < -0.39 is 0 Å². The predicted molar refractivity (Wildman–Crippen MR) is 157 cm³/mol. The van der Waals surface area contributed by atoms with Crippen molar-refractivity contribution in [2.45, 2.75) is 72.1 Å². The molecule has 0 spiro atoms. The zero-order valence-corrected chi connectivity index (χ0v) is 25.4. The molecule has 3 saturated carbocycles. The van der Waals surface area contributed by atoms with Gasteiger partial charge >= 0.3 is 6.09 Å². The summed E-state index contributed by atoms with van der Waals surface area (Å²) in [5.41, 5.74) is 2.80. The number of nitrogens with zero attached hydrogens (tertiary/aromatic N) is 3. The maximum atomic E-state index is 13.0. The Hall–Kier alpha value is -1.77.